The molecule has 2 aromatic heterocycles. The predicted octanol–water partition coefficient (Wildman–Crippen LogP) is 4.82. The Kier molecular flexibility index (Phi) is 4.02. The molecule has 0 spiro atoms. The molecule has 0 bridgehead atoms. The molecule has 0 unspecified atom stereocenters. The van der Waals surface area contributed by atoms with Gasteiger partial charge in [-0.15, -0.1) is 0 Å². The summed E-state index contributed by atoms with van der Waals surface area (Å²) < 4.78 is 1.79. The lowest BCUT2D eigenvalue weighted by atomic mass is 9.99. The molecule has 0 atom stereocenters. The standard InChI is InChI=1S/C20H13ClN4O2/c1-12-15(10-13-6-8-14(9-7-13)25(26)27)19(21)24-18-5-3-2-4-17(18)23-20(24)16(12)11-22/h2-9H,10H2,1H3. The number of non-ortho nitro benzene ring substituents is 1. The van der Waals surface area contributed by atoms with Gasteiger partial charge in [-0.3, -0.25) is 14.5 Å². The number of para-hydroxylation sites is 2. The maximum absolute atomic E-state index is 10.8. The molecule has 2 aromatic carbocycles. The first-order valence-electron chi connectivity index (χ1n) is 8.23. The van der Waals surface area contributed by atoms with Crippen LogP contribution in [0.1, 0.15) is 22.3 Å². The number of rotatable bonds is 3. The fraction of sp³-hybridized carbons (Fsp3) is 0.100. The number of fused-ring (bicyclic) bond motifs is 3. The molecule has 7 heteroatoms. The number of nitrogens with zero attached hydrogens (tertiary/aromatic N) is 4. The van der Waals surface area contributed by atoms with Crippen LogP contribution in [0.15, 0.2) is 48.5 Å². The highest BCUT2D eigenvalue weighted by Gasteiger charge is 2.20. The zero-order valence-electron chi connectivity index (χ0n) is 14.3. The zero-order chi connectivity index (χ0) is 19.1. The van der Waals surface area contributed by atoms with E-state index in [4.69, 9.17) is 11.6 Å². The molecule has 27 heavy (non-hydrogen) atoms. The molecule has 0 aliphatic carbocycles. The van der Waals surface area contributed by atoms with Crippen LogP contribution in [0.5, 0.6) is 0 Å². The Balaban J connectivity index is 1.93. The van der Waals surface area contributed by atoms with Crippen LogP contribution in [-0.4, -0.2) is 14.3 Å². The molecule has 0 aliphatic heterocycles. The molecule has 6 nitrogen and oxygen atoms in total. The summed E-state index contributed by atoms with van der Waals surface area (Å²) in [5.41, 5.74) is 5.10. The highest BCUT2D eigenvalue weighted by Crippen LogP contribution is 2.32. The van der Waals surface area contributed by atoms with Gasteiger partial charge in [0.25, 0.3) is 5.69 Å². The van der Waals surface area contributed by atoms with Crippen molar-refractivity contribution in [3.63, 3.8) is 0 Å². The van der Waals surface area contributed by atoms with Crippen LogP contribution in [0.25, 0.3) is 16.7 Å². The van der Waals surface area contributed by atoms with Crippen molar-refractivity contribution >= 4 is 34.0 Å². The SMILES string of the molecule is Cc1c(Cc2ccc([N+](=O)[O-])cc2)c(Cl)n2c(nc3ccccc32)c1C#N. The van der Waals surface area contributed by atoms with Crippen LogP contribution < -0.4 is 0 Å². The first-order chi connectivity index (χ1) is 13.0. The molecule has 4 aromatic rings. The van der Waals surface area contributed by atoms with Crippen molar-refractivity contribution in [3.05, 3.63) is 86.1 Å². The van der Waals surface area contributed by atoms with Crippen LogP contribution in [0.2, 0.25) is 5.15 Å². The molecule has 0 amide bonds. The summed E-state index contributed by atoms with van der Waals surface area (Å²) in [5, 5.41) is 21.0. The van der Waals surface area contributed by atoms with Crippen molar-refractivity contribution in [2.45, 2.75) is 13.3 Å². The number of hydrogen-bond acceptors (Lipinski definition) is 4. The maximum Gasteiger partial charge on any atom is 0.269 e. The van der Waals surface area contributed by atoms with Crippen molar-refractivity contribution in [2.24, 2.45) is 0 Å². The number of nitriles is 1. The first-order valence-corrected chi connectivity index (χ1v) is 8.60. The van der Waals surface area contributed by atoms with Gasteiger partial charge in [-0.2, -0.15) is 5.26 Å². The Bertz CT molecular complexity index is 1250. The summed E-state index contributed by atoms with van der Waals surface area (Å²) in [5.74, 6) is 0. The molecule has 0 saturated carbocycles. The summed E-state index contributed by atoms with van der Waals surface area (Å²) >= 11 is 6.73. The van der Waals surface area contributed by atoms with E-state index in [9.17, 15) is 15.4 Å². The lowest BCUT2D eigenvalue weighted by Crippen LogP contribution is -2.03. The van der Waals surface area contributed by atoms with Gasteiger partial charge in [-0.25, -0.2) is 4.98 Å². The Morgan fingerprint density at radius 1 is 1.22 bits per heavy atom. The van der Waals surface area contributed by atoms with E-state index >= 15 is 0 Å². The molecule has 0 N–H and O–H groups in total. The second kappa shape index (κ2) is 6.38. The minimum absolute atomic E-state index is 0.0374. The monoisotopic (exact) mass is 376 g/mol. The summed E-state index contributed by atoms with van der Waals surface area (Å²) in [6.45, 7) is 1.85. The number of nitro groups is 1. The van der Waals surface area contributed by atoms with Gasteiger partial charge >= 0.3 is 0 Å². The van der Waals surface area contributed by atoms with E-state index in [2.05, 4.69) is 11.1 Å². The quantitative estimate of drug-likeness (QED) is 0.291. The smallest absolute Gasteiger partial charge is 0.269 e. The molecule has 0 fully saturated rings. The van der Waals surface area contributed by atoms with Crippen molar-refractivity contribution in [1.82, 2.24) is 9.38 Å². The molecule has 4 rings (SSSR count). The lowest BCUT2D eigenvalue weighted by molar-refractivity contribution is -0.384. The first kappa shape index (κ1) is 17.0. The second-order valence-electron chi connectivity index (χ2n) is 6.24. The highest BCUT2D eigenvalue weighted by molar-refractivity contribution is 6.31. The van der Waals surface area contributed by atoms with Gasteiger partial charge in [0, 0.05) is 18.6 Å². The van der Waals surface area contributed by atoms with E-state index in [1.165, 1.54) is 12.1 Å². The van der Waals surface area contributed by atoms with E-state index in [1.54, 1.807) is 16.5 Å². The molecule has 132 valence electrons. The van der Waals surface area contributed by atoms with E-state index < -0.39 is 4.92 Å². The third-order valence-corrected chi connectivity index (χ3v) is 5.09. The van der Waals surface area contributed by atoms with Gasteiger partial charge in [0.2, 0.25) is 0 Å². The third kappa shape index (κ3) is 2.69. The number of halogens is 1. The minimum Gasteiger partial charge on any atom is -0.281 e. The summed E-state index contributed by atoms with van der Waals surface area (Å²) in [7, 11) is 0. The van der Waals surface area contributed by atoms with Gasteiger partial charge in [0.05, 0.1) is 21.5 Å². The Labute approximate surface area is 159 Å². The minimum atomic E-state index is -0.431. The van der Waals surface area contributed by atoms with Crippen LogP contribution in [0.3, 0.4) is 0 Å². The van der Waals surface area contributed by atoms with E-state index in [-0.39, 0.29) is 5.69 Å². The second-order valence-corrected chi connectivity index (χ2v) is 6.60. The maximum atomic E-state index is 10.8. The Hall–Kier alpha value is -3.43. The molecule has 0 radical (unpaired) electrons. The fourth-order valence-corrected chi connectivity index (χ4v) is 3.66. The van der Waals surface area contributed by atoms with E-state index in [1.807, 2.05) is 31.2 Å². The number of benzene rings is 2. The number of pyridine rings is 1. The summed E-state index contributed by atoms with van der Waals surface area (Å²) in [6, 6.07) is 16.2. The average molecular weight is 377 g/mol. The van der Waals surface area contributed by atoms with E-state index in [0.29, 0.717) is 22.8 Å². The van der Waals surface area contributed by atoms with Crippen molar-refractivity contribution < 1.29 is 4.92 Å². The number of imidazole rings is 1. The van der Waals surface area contributed by atoms with Gasteiger partial charge in [-0.1, -0.05) is 35.9 Å². The number of nitro benzene ring substituents is 1. The Morgan fingerprint density at radius 2 is 1.93 bits per heavy atom. The molecule has 0 saturated heterocycles. The van der Waals surface area contributed by atoms with Crippen molar-refractivity contribution in [2.75, 3.05) is 0 Å². The summed E-state index contributed by atoms with van der Waals surface area (Å²) in [6.07, 6.45) is 0.458. The topological polar surface area (TPSA) is 84.2 Å². The van der Waals surface area contributed by atoms with Gasteiger partial charge in [-0.05, 0) is 35.7 Å². The van der Waals surface area contributed by atoms with Gasteiger partial charge < -0.3 is 0 Å². The van der Waals surface area contributed by atoms with Crippen LogP contribution in [0.4, 0.5) is 5.69 Å². The van der Waals surface area contributed by atoms with E-state index in [0.717, 1.165) is 27.7 Å². The molecule has 0 aliphatic rings. The van der Waals surface area contributed by atoms with Crippen molar-refractivity contribution in [3.8, 4) is 6.07 Å². The highest BCUT2D eigenvalue weighted by atomic mass is 35.5. The molecule has 2 heterocycles. The average Bonchev–Trinajstić information content (AvgIpc) is 3.05. The predicted molar refractivity (Wildman–Crippen MR) is 103 cm³/mol. The summed E-state index contributed by atoms with van der Waals surface area (Å²) in [4.78, 5) is 15.0. The number of hydrogen-bond donors (Lipinski definition) is 0. The third-order valence-electron chi connectivity index (χ3n) is 4.70. The van der Waals surface area contributed by atoms with Crippen LogP contribution in [0, 0.1) is 28.4 Å². The molecular weight excluding hydrogens is 364 g/mol. The normalized spacial score (nSPS) is 11.0. The van der Waals surface area contributed by atoms with Crippen LogP contribution >= 0.6 is 11.6 Å². The van der Waals surface area contributed by atoms with Crippen molar-refractivity contribution in [1.29, 1.82) is 5.26 Å². The van der Waals surface area contributed by atoms with Gasteiger partial charge in [0.15, 0.2) is 5.65 Å². The molecular formula is C20H13ClN4O2. The van der Waals surface area contributed by atoms with Crippen LogP contribution in [-0.2, 0) is 6.42 Å². The number of aromatic nitrogens is 2. The zero-order valence-corrected chi connectivity index (χ0v) is 15.1. The lowest BCUT2D eigenvalue weighted by Gasteiger charge is -2.13. The Morgan fingerprint density at radius 3 is 2.59 bits per heavy atom. The van der Waals surface area contributed by atoms with Gasteiger partial charge in [0.1, 0.15) is 11.2 Å². The fourth-order valence-electron chi connectivity index (χ4n) is 3.28. The largest absolute Gasteiger partial charge is 0.281 e.